The molecule has 1 rings (SSSR count). The fourth-order valence-corrected chi connectivity index (χ4v) is 2.08. The third-order valence-electron chi connectivity index (χ3n) is 2.89. The first-order valence-electron chi connectivity index (χ1n) is 6.90. The quantitative estimate of drug-likeness (QED) is 0.715. The summed E-state index contributed by atoms with van der Waals surface area (Å²) in [6.07, 6.45) is 0.427. The number of hydrogen-bond acceptors (Lipinski definition) is 3. The van der Waals surface area contributed by atoms with E-state index in [0.717, 1.165) is 12.1 Å². The van der Waals surface area contributed by atoms with Crippen LogP contribution in [0.1, 0.15) is 18.9 Å². The Morgan fingerprint density at radius 2 is 1.95 bits per heavy atom. The minimum Gasteiger partial charge on any atom is -0.481 e. The Morgan fingerprint density at radius 1 is 1.29 bits per heavy atom. The van der Waals surface area contributed by atoms with Crippen molar-refractivity contribution in [3.63, 3.8) is 0 Å². The lowest BCUT2D eigenvalue weighted by atomic mass is 10.1. The van der Waals surface area contributed by atoms with Gasteiger partial charge >= 0.3 is 12.0 Å². The highest BCUT2D eigenvalue weighted by Gasteiger charge is 2.10. The number of aliphatic carboxylic acids is 1. The predicted octanol–water partition coefficient (Wildman–Crippen LogP) is 1.78. The Morgan fingerprint density at radius 3 is 2.57 bits per heavy atom. The SMILES string of the molecule is CC(CN(C)C)NC(=O)Nc1ccccc1CCC(=O)O. The highest BCUT2D eigenvalue weighted by Crippen LogP contribution is 2.16. The third kappa shape index (κ3) is 6.76. The Kier molecular flexibility index (Phi) is 6.68. The second-order valence-electron chi connectivity index (χ2n) is 5.31. The molecule has 1 unspecified atom stereocenters. The van der Waals surface area contributed by atoms with Gasteiger partial charge < -0.3 is 20.6 Å². The van der Waals surface area contributed by atoms with Crippen LogP contribution in [0.15, 0.2) is 24.3 Å². The third-order valence-corrected chi connectivity index (χ3v) is 2.89. The molecular formula is C15H23N3O3. The maximum atomic E-state index is 11.9. The average molecular weight is 293 g/mol. The molecule has 0 saturated carbocycles. The van der Waals surface area contributed by atoms with Crippen molar-refractivity contribution < 1.29 is 14.7 Å². The fourth-order valence-electron chi connectivity index (χ4n) is 2.08. The fraction of sp³-hybridized carbons (Fsp3) is 0.467. The van der Waals surface area contributed by atoms with Gasteiger partial charge in [0.2, 0.25) is 0 Å². The van der Waals surface area contributed by atoms with Gasteiger partial charge in [0.1, 0.15) is 0 Å². The molecule has 6 heteroatoms. The number of likely N-dealkylation sites (N-methyl/N-ethyl adjacent to an activating group) is 1. The lowest BCUT2D eigenvalue weighted by molar-refractivity contribution is -0.136. The average Bonchev–Trinajstić information content (AvgIpc) is 2.36. The Balaban J connectivity index is 2.61. The van der Waals surface area contributed by atoms with Gasteiger partial charge in [-0.25, -0.2) is 4.79 Å². The van der Waals surface area contributed by atoms with Gasteiger partial charge in [0, 0.05) is 24.7 Å². The van der Waals surface area contributed by atoms with Gasteiger partial charge in [-0.3, -0.25) is 4.79 Å². The Bertz CT molecular complexity index is 489. The van der Waals surface area contributed by atoms with Crippen LogP contribution in [0.5, 0.6) is 0 Å². The number of amides is 2. The number of rotatable bonds is 7. The maximum Gasteiger partial charge on any atom is 0.319 e. The lowest BCUT2D eigenvalue weighted by Crippen LogP contribution is -2.41. The molecule has 1 aromatic rings. The van der Waals surface area contributed by atoms with Crippen molar-refractivity contribution in [1.82, 2.24) is 10.2 Å². The topological polar surface area (TPSA) is 81.7 Å². The summed E-state index contributed by atoms with van der Waals surface area (Å²) in [5.74, 6) is -0.853. The van der Waals surface area contributed by atoms with E-state index in [4.69, 9.17) is 5.11 Å². The number of nitrogens with one attached hydrogen (secondary N) is 2. The molecule has 1 aromatic carbocycles. The normalized spacial score (nSPS) is 12.0. The molecule has 0 aliphatic carbocycles. The van der Waals surface area contributed by atoms with E-state index in [1.165, 1.54) is 0 Å². The number of nitrogens with zero attached hydrogens (tertiary/aromatic N) is 1. The van der Waals surface area contributed by atoms with E-state index in [-0.39, 0.29) is 18.5 Å². The number of carboxylic acids is 1. The second-order valence-corrected chi connectivity index (χ2v) is 5.31. The first kappa shape index (κ1) is 17.0. The van der Waals surface area contributed by atoms with Gasteiger partial charge in [-0.05, 0) is 39.1 Å². The summed E-state index contributed by atoms with van der Waals surface area (Å²) in [7, 11) is 3.88. The Labute approximate surface area is 125 Å². The minimum absolute atomic E-state index is 0.0196. The molecule has 6 nitrogen and oxygen atoms in total. The van der Waals surface area contributed by atoms with E-state index in [1.54, 1.807) is 6.07 Å². The molecular weight excluding hydrogens is 270 g/mol. The van der Waals surface area contributed by atoms with Crippen molar-refractivity contribution in [3.8, 4) is 0 Å². The Hall–Kier alpha value is -2.08. The molecule has 3 N–H and O–H groups in total. The molecule has 0 aliphatic heterocycles. The summed E-state index contributed by atoms with van der Waals surface area (Å²) < 4.78 is 0. The largest absolute Gasteiger partial charge is 0.481 e. The van der Waals surface area contributed by atoms with Crippen LogP contribution in [0.25, 0.3) is 0 Å². The van der Waals surface area contributed by atoms with Crippen LogP contribution in [0, 0.1) is 0 Å². The summed E-state index contributed by atoms with van der Waals surface area (Å²) in [6.45, 7) is 2.67. The standard InChI is InChI=1S/C15H23N3O3/c1-11(10-18(2)3)16-15(21)17-13-7-5-4-6-12(13)8-9-14(19)20/h4-7,11H,8-10H2,1-3H3,(H,19,20)(H2,16,17,21). The molecule has 0 bridgehead atoms. The number of hydrogen-bond donors (Lipinski definition) is 3. The number of anilines is 1. The zero-order chi connectivity index (χ0) is 15.8. The van der Waals surface area contributed by atoms with E-state index in [2.05, 4.69) is 10.6 Å². The molecule has 0 aliphatic rings. The number of aryl methyl sites for hydroxylation is 1. The first-order chi connectivity index (χ1) is 9.88. The molecule has 1 atom stereocenters. The number of para-hydroxylation sites is 1. The number of urea groups is 1. The monoisotopic (exact) mass is 293 g/mol. The van der Waals surface area contributed by atoms with Crippen molar-refractivity contribution >= 4 is 17.7 Å². The van der Waals surface area contributed by atoms with Crippen molar-refractivity contribution in [3.05, 3.63) is 29.8 Å². The molecule has 0 radical (unpaired) electrons. The molecule has 0 spiro atoms. The summed E-state index contributed by atoms with van der Waals surface area (Å²) in [6, 6.07) is 6.96. The minimum atomic E-state index is -0.853. The van der Waals surface area contributed by atoms with Crippen molar-refractivity contribution in [2.45, 2.75) is 25.8 Å². The van der Waals surface area contributed by atoms with Crippen molar-refractivity contribution in [2.75, 3.05) is 26.0 Å². The van der Waals surface area contributed by atoms with Crippen LogP contribution < -0.4 is 10.6 Å². The highest BCUT2D eigenvalue weighted by atomic mass is 16.4. The number of benzene rings is 1. The molecule has 21 heavy (non-hydrogen) atoms. The van der Waals surface area contributed by atoms with Gasteiger partial charge in [-0.2, -0.15) is 0 Å². The van der Waals surface area contributed by atoms with Crippen LogP contribution in [0.4, 0.5) is 10.5 Å². The van der Waals surface area contributed by atoms with E-state index < -0.39 is 5.97 Å². The lowest BCUT2D eigenvalue weighted by Gasteiger charge is -2.19. The molecule has 2 amide bonds. The summed E-state index contributed by atoms with van der Waals surface area (Å²) in [5, 5.41) is 14.4. The van der Waals surface area contributed by atoms with Crippen LogP contribution >= 0.6 is 0 Å². The number of carbonyl (C=O) groups is 2. The van der Waals surface area contributed by atoms with E-state index >= 15 is 0 Å². The van der Waals surface area contributed by atoms with Crippen LogP contribution in [0.2, 0.25) is 0 Å². The van der Waals surface area contributed by atoms with Gasteiger partial charge in [0.05, 0.1) is 0 Å². The highest BCUT2D eigenvalue weighted by molar-refractivity contribution is 5.90. The zero-order valence-corrected chi connectivity index (χ0v) is 12.7. The predicted molar refractivity (Wildman–Crippen MR) is 82.6 cm³/mol. The van der Waals surface area contributed by atoms with Gasteiger partial charge in [-0.1, -0.05) is 18.2 Å². The van der Waals surface area contributed by atoms with E-state index in [9.17, 15) is 9.59 Å². The van der Waals surface area contributed by atoms with Gasteiger partial charge in [0.25, 0.3) is 0 Å². The van der Waals surface area contributed by atoms with Crippen molar-refractivity contribution in [2.24, 2.45) is 0 Å². The summed E-state index contributed by atoms with van der Waals surface area (Å²) in [5.41, 5.74) is 1.46. The van der Waals surface area contributed by atoms with Crippen molar-refractivity contribution in [1.29, 1.82) is 0 Å². The number of carbonyl (C=O) groups excluding carboxylic acids is 1. The summed E-state index contributed by atoms with van der Waals surface area (Å²) >= 11 is 0. The second kappa shape index (κ2) is 8.26. The zero-order valence-electron chi connectivity index (χ0n) is 12.7. The van der Waals surface area contributed by atoms with Gasteiger partial charge in [-0.15, -0.1) is 0 Å². The van der Waals surface area contributed by atoms with E-state index in [0.29, 0.717) is 12.1 Å². The molecule has 0 aromatic heterocycles. The summed E-state index contributed by atoms with van der Waals surface area (Å²) in [4.78, 5) is 24.6. The molecule has 116 valence electrons. The van der Waals surface area contributed by atoms with Crippen LogP contribution in [-0.4, -0.2) is 48.7 Å². The first-order valence-corrected chi connectivity index (χ1v) is 6.90. The van der Waals surface area contributed by atoms with Gasteiger partial charge in [0.15, 0.2) is 0 Å². The molecule has 0 heterocycles. The number of carboxylic acid groups (broad SMARTS) is 1. The van der Waals surface area contributed by atoms with E-state index in [1.807, 2.05) is 44.1 Å². The molecule has 0 saturated heterocycles. The van der Waals surface area contributed by atoms with Crippen LogP contribution in [-0.2, 0) is 11.2 Å². The maximum absolute atomic E-state index is 11.9. The van der Waals surface area contributed by atoms with Crippen LogP contribution in [0.3, 0.4) is 0 Å². The smallest absolute Gasteiger partial charge is 0.319 e. The molecule has 0 fully saturated rings.